The van der Waals surface area contributed by atoms with Gasteiger partial charge in [-0.15, -0.1) is 0 Å². The first-order chi connectivity index (χ1) is 8.50. The van der Waals surface area contributed by atoms with Gasteiger partial charge in [0, 0.05) is 11.1 Å². The summed E-state index contributed by atoms with van der Waals surface area (Å²) >= 11 is 0. The molecule has 0 aromatic rings. The predicted molar refractivity (Wildman–Crippen MR) is 68.1 cm³/mol. The Morgan fingerprint density at radius 2 is 1.94 bits per heavy atom. The highest BCUT2D eigenvalue weighted by atomic mass is 16.5. The highest BCUT2D eigenvalue weighted by molar-refractivity contribution is 5.89. The van der Waals surface area contributed by atoms with Crippen molar-refractivity contribution in [3.63, 3.8) is 0 Å². The Morgan fingerprint density at radius 3 is 2.50 bits per heavy atom. The van der Waals surface area contributed by atoms with Crippen molar-refractivity contribution < 1.29 is 19.4 Å². The van der Waals surface area contributed by atoms with Gasteiger partial charge in [-0.05, 0) is 39.0 Å². The molecule has 1 N–H and O–H groups in total. The molecule has 0 aromatic carbocycles. The maximum atomic E-state index is 11.7. The lowest BCUT2D eigenvalue weighted by molar-refractivity contribution is -0.145. The lowest BCUT2D eigenvalue weighted by Crippen LogP contribution is -2.21. The minimum Gasteiger partial charge on any atom is -0.478 e. The topological polar surface area (TPSA) is 63.6 Å². The molecule has 1 aliphatic rings. The monoisotopic (exact) mass is 252 g/mol. The summed E-state index contributed by atoms with van der Waals surface area (Å²) in [5.41, 5.74) is 0.516. The number of hydrogen-bond acceptors (Lipinski definition) is 3. The van der Waals surface area contributed by atoms with Crippen molar-refractivity contribution in [3.05, 3.63) is 23.8 Å². The Balaban J connectivity index is 2.39. The van der Waals surface area contributed by atoms with Gasteiger partial charge < -0.3 is 9.84 Å². The standard InChI is InChI=1S/C14H20O4/c1-10(13(15)16)8-9-11(2)14(17)18-12-6-4-3-5-7-12/h8,12H,2-7,9H2,1H3,(H,15,16). The first kappa shape index (κ1) is 14.5. The maximum Gasteiger partial charge on any atom is 0.333 e. The van der Waals surface area contributed by atoms with Crippen LogP contribution in [0.25, 0.3) is 0 Å². The summed E-state index contributed by atoms with van der Waals surface area (Å²) in [6.45, 7) is 5.13. The van der Waals surface area contributed by atoms with Crippen molar-refractivity contribution in [3.8, 4) is 0 Å². The number of rotatable bonds is 5. The molecule has 4 heteroatoms. The molecule has 1 rings (SSSR count). The second kappa shape index (κ2) is 6.99. The zero-order valence-corrected chi connectivity index (χ0v) is 10.8. The summed E-state index contributed by atoms with van der Waals surface area (Å²) in [5.74, 6) is -1.39. The Labute approximate surface area is 107 Å². The van der Waals surface area contributed by atoms with Crippen molar-refractivity contribution in [1.29, 1.82) is 0 Å². The zero-order chi connectivity index (χ0) is 13.5. The third kappa shape index (κ3) is 4.73. The third-order valence-electron chi connectivity index (χ3n) is 3.11. The lowest BCUT2D eigenvalue weighted by Gasteiger charge is -2.22. The number of carbonyl (C=O) groups excluding carboxylic acids is 1. The Bertz CT molecular complexity index is 362. The summed E-state index contributed by atoms with van der Waals surface area (Å²) in [7, 11) is 0. The van der Waals surface area contributed by atoms with E-state index in [-0.39, 0.29) is 18.1 Å². The van der Waals surface area contributed by atoms with Gasteiger partial charge in [0.1, 0.15) is 6.10 Å². The maximum absolute atomic E-state index is 11.7. The molecule has 0 spiro atoms. The van der Waals surface area contributed by atoms with Gasteiger partial charge in [-0.25, -0.2) is 9.59 Å². The summed E-state index contributed by atoms with van der Waals surface area (Å²) in [5, 5.41) is 8.68. The number of carboxylic acids is 1. The van der Waals surface area contributed by atoms with Crippen LogP contribution >= 0.6 is 0 Å². The van der Waals surface area contributed by atoms with E-state index in [1.54, 1.807) is 0 Å². The first-order valence-corrected chi connectivity index (χ1v) is 6.29. The summed E-state index contributed by atoms with van der Waals surface area (Å²) < 4.78 is 5.33. The number of allylic oxidation sites excluding steroid dienone is 1. The van der Waals surface area contributed by atoms with Crippen LogP contribution in [-0.2, 0) is 14.3 Å². The van der Waals surface area contributed by atoms with Gasteiger partial charge in [-0.2, -0.15) is 0 Å². The molecule has 1 aliphatic carbocycles. The molecule has 0 saturated heterocycles. The molecule has 0 bridgehead atoms. The molecule has 4 nitrogen and oxygen atoms in total. The molecule has 18 heavy (non-hydrogen) atoms. The average Bonchev–Trinajstić information content (AvgIpc) is 2.36. The number of hydrogen-bond donors (Lipinski definition) is 1. The summed E-state index contributed by atoms with van der Waals surface area (Å²) in [6.07, 6.45) is 6.95. The van der Waals surface area contributed by atoms with Crippen LogP contribution in [0.15, 0.2) is 23.8 Å². The van der Waals surface area contributed by atoms with Gasteiger partial charge in [-0.1, -0.05) is 19.1 Å². The summed E-state index contributed by atoms with van der Waals surface area (Å²) in [4.78, 5) is 22.3. The van der Waals surface area contributed by atoms with Crippen LogP contribution in [-0.4, -0.2) is 23.1 Å². The van der Waals surface area contributed by atoms with Gasteiger partial charge in [0.2, 0.25) is 0 Å². The Kier molecular flexibility index (Phi) is 5.62. The number of aliphatic carboxylic acids is 1. The van der Waals surface area contributed by atoms with E-state index >= 15 is 0 Å². The SMILES string of the molecule is C=C(CC=C(C)C(=O)O)C(=O)OC1CCCCC1. The fraction of sp³-hybridized carbons (Fsp3) is 0.571. The van der Waals surface area contributed by atoms with E-state index in [1.807, 2.05) is 0 Å². The molecule has 0 aliphatic heterocycles. The molecule has 0 radical (unpaired) electrons. The van der Waals surface area contributed by atoms with Crippen LogP contribution in [0.2, 0.25) is 0 Å². The van der Waals surface area contributed by atoms with Gasteiger partial charge >= 0.3 is 11.9 Å². The largest absolute Gasteiger partial charge is 0.478 e. The third-order valence-corrected chi connectivity index (χ3v) is 3.11. The minimum atomic E-state index is -0.983. The van der Waals surface area contributed by atoms with E-state index in [1.165, 1.54) is 19.4 Å². The fourth-order valence-electron chi connectivity index (χ4n) is 1.86. The molecule has 0 heterocycles. The smallest absolute Gasteiger partial charge is 0.333 e. The van der Waals surface area contributed by atoms with Gasteiger partial charge in [0.15, 0.2) is 0 Å². The van der Waals surface area contributed by atoms with E-state index in [2.05, 4.69) is 6.58 Å². The highest BCUT2D eigenvalue weighted by Crippen LogP contribution is 2.21. The van der Waals surface area contributed by atoms with Crippen molar-refractivity contribution in [1.82, 2.24) is 0 Å². The second-order valence-electron chi connectivity index (χ2n) is 4.67. The van der Waals surface area contributed by atoms with E-state index in [0.717, 1.165) is 25.7 Å². The van der Waals surface area contributed by atoms with Crippen molar-refractivity contribution in [2.45, 2.75) is 51.6 Å². The van der Waals surface area contributed by atoms with E-state index in [9.17, 15) is 9.59 Å². The molecule has 0 amide bonds. The average molecular weight is 252 g/mol. The molecular formula is C14H20O4. The lowest BCUT2D eigenvalue weighted by atomic mass is 9.98. The molecule has 0 atom stereocenters. The Morgan fingerprint density at radius 1 is 1.33 bits per heavy atom. The molecule has 0 unspecified atom stereocenters. The van der Waals surface area contributed by atoms with E-state index in [0.29, 0.717) is 5.57 Å². The fourth-order valence-corrected chi connectivity index (χ4v) is 1.86. The van der Waals surface area contributed by atoms with Crippen LogP contribution in [0.1, 0.15) is 45.4 Å². The second-order valence-corrected chi connectivity index (χ2v) is 4.67. The normalized spacial score (nSPS) is 17.3. The van der Waals surface area contributed by atoms with Crippen LogP contribution in [0.3, 0.4) is 0 Å². The number of ether oxygens (including phenoxy) is 1. The van der Waals surface area contributed by atoms with E-state index < -0.39 is 11.9 Å². The van der Waals surface area contributed by atoms with Crippen LogP contribution in [0.5, 0.6) is 0 Å². The van der Waals surface area contributed by atoms with Crippen molar-refractivity contribution >= 4 is 11.9 Å². The minimum absolute atomic E-state index is 0.00699. The van der Waals surface area contributed by atoms with Gasteiger partial charge in [0.25, 0.3) is 0 Å². The van der Waals surface area contributed by atoms with E-state index in [4.69, 9.17) is 9.84 Å². The zero-order valence-electron chi connectivity index (χ0n) is 10.8. The molecule has 100 valence electrons. The van der Waals surface area contributed by atoms with Crippen molar-refractivity contribution in [2.75, 3.05) is 0 Å². The Hall–Kier alpha value is -1.58. The van der Waals surface area contributed by atoms with Crippen molar-refractivity contribution in [2.24, 2.45) is 0 Å². The number of carbonyl (C=O) groups is 2. The molecule has 1 fully saturated rings. The highest BCUT2D eigenvalue weighted by Gasteiger charge is 2.18. The molecular weight excluding hydrogens is 232 g/mol. The first-order valence-electron chi connectivity index (χ1n) is 6.29. The summed E-state index contributed by atoms with van der Waals surface area (Å²) in [6, 6.07) is 0. The molecule has 1 saturated carbocycles. The quantitative estimate of drug-likeness (QED) is 0.603. The van der Waals surface area contributed by atoms with Gasteiger partial charge in [-0.3, -0.25) is 0 Å². The number of esters is 1. The molecule has 0 aromatic heterocycles. The van der Waals surface area contributed by atoms with Gasteiger partial charge in [0.05, 0.1) is 0 Å². The number of carboxylic acid groups (broad SMARTS) is 1. The van der Waals surface area contributed by atoms with Crippen LogP contribution in [0, 0.1) is 0 Å². The van der Waals surface area contributed by atoms with Crippen LogP contribution < -0.4 is 0 Å². The predicted octanol–water partition coefficient (Wildman–Crippen LogP) is 2.84. The van der Waals surface area contributed by atoms with Crippen LogP contribution in [0.4, 0.5) is 0 Å².